The van der Waals surface area contributed by atoms with Gasteiger partial charge in [0.05, 0.1) is 0 Å². The molecule has 128 valence electrons. The van der Waals surface area contributed by atoms with Crippen molar-refractivity contribution in [3.8, 4) is 10.6 Å². The molecular formula is C18H22N2O3S. The summed E-state index contributed by atoms with van der Waals surface area (Å²) in [6.07, 6.45) is 0. The Labute approximate surface area is 146 Å². The van der Waals surface area contributed by atoms with Crippen LogP contribution >= 0.6 is 11.3 Å². The van der Waals surface area contributed by atoms with Crippen LogP contribution in [-0.4, -0.2) is 29.5 Å². The average molecular weight is 346 g/mol. The highest BCUT2D eigenvalue weighted by molar-refractivity contribution is 7.13. The molecule has 0 unspecified atom stereocenters. The van der Waals surface area contributed by atoms with E-state index in [0.717, 1.165) is 16.1 Å². The molecule has 0 radical (unpaired) electrons. The fourth-order valence-electron chi connectivity index (χ4n) is 1.86. The molecule has 0 saturated carbocycles. The number of hydrogen-bond donors (Lipinski definition) is 1. The normalized spacial score (nSPS) is 12.0. The van der Waals surface area contributed by atoms with Crippen LogP contribution in [0.5, 0.6) is 0 Å². The molecule has 0 fully saturated rings. The molecule has 1 aromatic carbocycles. The third kappa shape index (κ3) is 4.89. The Morgan fingerprint density at radius 3 is 2.50 bits per heavy atom. The summed E-state index contributed by atoms with van der Waals surface area (Å²) in [6.45, 7) is 7.66. The number of benzene rings is 1. The standard InChI is InChI=1S/C18H22N2O3S/c1-11(2)13(4)19-16(21)9-23-18(22)15-10-24-17(20-15)14-7-5-12(3)6-8-14/h5-8,10-11,13H,9H2,1-4H3,(H,19,21)/t13-/m1/s1. The Bertz CT molecular complexity index is 707. The Morgan fingerprint density at radius 2 is 1.88 bits per heavy atom. The van der Waals surface area contributed by atoms with Crippen LogP contribution in [-0.2, 0) is 9.53 Å². The van der Waals surface area contributed by atoms with Crippen LogP contribution < -0.4 is 5.32 Å². The SMILES string of the molecule is Cc1ccc(-c2nc(C(=O)OCC(=O)N[C@H](C)C(C)C)cs2)cc1. The van der Waals surface area contributed by atoms with Gasteiger partial charge in [0.25, 0.3) is 5.91 Å². The lowest BCUT2D eigenvalue weighted by Crippen LogP contribution is -2.38. The lowest BCUT2D eigenvalue weighted by atomic mass is 10.1. The van der Waals surface area contributed by atoms with Crippen molar-refractivity contribution in [3.05, 3.63) is 40.9 Å². The van der Waals surface area contributed by atoms with E-state index in [1.54, 1.807) is 5.38 Å². The van der Waals surface area contributed by atoms with Crippen molar-refractivity contribution in [3.63, 3.8) is 0 Å². The van der Waals surface area contributed by atoms with Crippen molar-refractivity contribution >= 4 is 23.2 Å². The predicted octanol–water partition coefficient (Wildman–Crippen LogP) is 3.44. The number of aromatic nitrogens is 1. The Hall–Kier alpha value is -2.21. The first-order chi connectivity index (χ1) is 11.4. The van der Waals surface area contributed by atoms with Crippen molar-refractivity contribution in [1.29, 1.82) is 0 Å². The summed E-state index contributed by atoms with van der Waals surface area (Å²) in [7, 11) is 0. The van der Waals surface area contributed by atoms with Crippen molar-refractivity contribution < 1.29 is 14.3 Å². The van der Waals surface area contributed by atoms with Gasteiger partial charge in [0.2, 0.25) is 0 Å². The maximum atomic E-state index is 12.0. The van der Waals surface area contributed by atoms with Crippen molar-refractivity contribution in [2.24, 2.45) is 5.92 Å². The molecule has 1 N–H and O–H groups in total. The zero-order valence-electron chi connectivity index (χ0n) is 14.3. The van der Waals surface area contributed by atoms with Crippen LogP contribution in [0.4, 0.5) is 0 Å². The van der Waals surface area contributed by atoms with Gasteiger partial charge in [0, 0.05) is 17.0 Å². The largest absolute Gasteiger partial charge is 0.451 e. The number of ether oxygens (including phenoxy) is 1. The summed E-state index contributed by atoms with van der Waals surface area (Å²) in [6, 6.07) is 7.95. The van der Waals surface area contributed by atoms with Gasteiger partial charge >= 0.3 is 5.97 Å². The first-order valence-corrected chi connectivity index (χ1v) is 8.74. The molecule has 24 heavy (non-hydrogen) atoms. The Morgan fingerprint density at radius 1 is 1.21 bits per heavy atom. The minimum absolute atomic E-state index is 0.0311. The second kappa shape index (κ2) is 8.06. The highest BCUT2D eigenvalue weighted by Crippen LogP contribution is 2.24. The number of nitrogens with zero attached hydrogens (tertiary/aromatic N) is 1. The van der Waals surface area contributed by atoms with E-state index < -0.39 is 5.97 Å². The molecule has 2 rings (SSSR count). The van der Waals surface area contributed by atoms with E-state index in [-0.39, 0.29) is 24.2 Å². The number of carbonyl (C=O) groups is 2. The van der Waals surface area contributed by atoms with Crippen molar-refractivity contribution in [2.45, 2.75) is 33.7 Å². The molecule has 0 saturated heterocycles. The fourth-order valence-corrected chi connectivity index (χ4v) is 2.66. The van der Waals surface area contributed by atoms with Crippen LogP contribution in [0.2, 0.25) is 0 Å². The number of rotatable bonds is 6. The summed E-state index contributed by atoms with van der Waals surface area (Å²) >= 11 is 1.37. The van der Waals surface area contributed by atoms with Gasteiger partial charge in [-0.2, -0.15) is 0 Å². The number of thiazole rings is 1. The first kappa shape index (κ1) is 18.1. The maximum Gasteiger partial charge on any atom is 0.358 e. The molecule has 1 heterocycles. The van der Waals surface area contributed by atoms with Gasteiger partial charge in [-0.3, -0.25) is 4.79 Å². The van der Waals surface area contributed by atoms with Gasteiger partial charge in [-0.15, -0.1) is 11.3 Å². The number of hydrogen-bond acceptors (Lipinski definition) is 5. The molecule has 0 aliphatic heterocycles. The summed E-state index contributed by atoms with van der Waals surface area (Å²) < 4.78 is 5.03. The van der Waals surface area contributed by atoms with Gasteiger partial charge < -0.3 is 10.1 Å². The average Bonchev–Trinajstić information content (AvgIpc) is 3.03. The number of esters is 1. The Balaban J connectivity index is 1.92. The first-order valence-electron chi connectivity index (χ1n) is 7.86. The monoisotopic (exact) mass is 346 g/mol. The molecule has 1 aromatic heterocycles. The third-order valence-corrected chi connectivity index (χ3v) is 4.63. The van der Waals surface area contributed by atoms with Gasteiger partial charge in [-0.05, 0) is 19.8 Å². The van der Waals surface area contributed by atoms with Crippen LogP contribution in [0, 0.1) is 12.8 Å². The van der Waals surface area contributed by atoms with Gasteiger partial charge in [-0.1, -0.05) is 43.7 Å². The highest BCUT2D eigenvalue weighted by atomic mass is 32.1. The summed E-state index contributed by atoms with van der Waals surface area (Å²) in [5.41, 5.74) is 2.34. The lowest BCUT2D eigenvalue weighted by molar-refractivity contribution is -0.125. The molecule has 2 aromatic rings. The minimum atomic E-state index is -0.586. The van der Waals surface area contributed by atoms with E-state index >= 15 is 0 Å². The van der Waals surface area contributed by atoms with Crippen LogP contribution in [0.3, 0.4) is 0 Å². The minimum Gasteiger partial charge on any atom is -0.451 e. The van der Waals surface area contributed by atoms with Gasteiger partial charge in [-0.25, -0.2) is 9.78 Å². The molecule has 5 nitrogen and oxygen atoms in total. The quantitative estimate of drug-likeness (QED) is 0.814. The smallest absolute Gasteiger partial charge is 0.358 e. The van der Waals surface area contributed by atoms with E-state index in [4.69, 9.17) is 4.74 Å². The third-order valence-electron chi connectivity index (χ3n) is 3.73. The van der Waals surface area contributed by atoms with Crippen LogP contribution in [0.25, 0.3) is 10.6 Å². The predicted molar refractivity (Wildman–Crippen MR) is 95.0 cm³/mol. The number of carbonyl (C=O) groups excluding carboxylic acids is 2. The van der Waals surface area contributed by atoms with E-state index in [1.807, 2.05) is 52.0 Å². The fraction of sp³-hybridized carbons (Fsp3) is 0.389. The molecule has 0 aliphatic rings. The van der Waals surface area contributed by atoms with E-state index in [1.165, 1.54) is 11.3 Å². The van der Waals surface area contributed by atoms with E-state index in [2.05, 4.69) is 10.3 Å². The lowest BCUT2D eigenvalue weighted by Gasteiger charge is -2.17. The molecule has 6 heteroatoms. The summed E-state index contributed by atoms with van der Waals surface area (Å²) in [5, 5.41) is 5.18. The second-order valence-corrected chi connectivity index (χ2v) is 6.94. The molecule has 1 amide bonds. The molecular weight excluding hydrogens is 324 g/mol. The highest BCUT2D eigenvalue weighted by Gasteiger charge is 2.16. The van der Waals surface area contributed by atoms with Gasteiger partial charge in [0.15, 0.2) is 12.3 Å². The molecule has 0 spiro atoms. The number of nitrogens with one attached hydrogen (secondary N) is 1. The van der Waals surface area contributed by atoms with Crippen LogP contribution in [0.1, 0.15) is 36.8 Å². The number of amides is 1. The Kier molecular flexibility index (Phi) is 6.09. The van der Waals surface area contributed by atoms with E-state index in [9.17, 15) is 9.59 Å². The molecule has 0 aliphatic carbocycles. The topological polar surface area (TPSA) is 68.3 Å². The zero-order valence-corrected chi connectivity index (χ0v) is 15.1. The maximum absolute atomic E-state index is 12.0. The number of aryl methyl sites for hydroxylation is 1. The van der Waals surface area contributed by atoms with Crippen molar-refractivity contribution in [1.82, 2.24) is 10.3 Å². The zero-order chi connectivity index (χ0) is 17.7. The molecule has 1 atom stereocenters. The summed E-state index contributed by atoms with van der Waals surface area (Å²) in [5.74, 6) is -0.573. The van der Waals surface area contributed by atoms with Gasteiger partial charge in [0.1, 0.15) is 5.01 Å². The molecule has 0 bridgehead atoms. The summed E-state index contributed by atoms with van der Waals surface area (Å²) in [4.78, 5) is 28.0. The van der Waals surface area contributed by atoms with Crippen LogP contribution in [0.15, 0.2) is 29.6 Å². The van der Waals surface area contributed by atoms with Crippen molar-refractivity contribution in [2.75, 3.05) is 6.61 Å². The second-order valence-electron chi connectivity index (χ2n) is 6.08. The van der Waals surface area contributed by atoms with E-state index in [0.29, 0.717) is 5.92 Å².